The summed E-state index contributed by atoms with van der Waals surface area (Å²) in [6.45, 7) is 11.8. The van der Waals surface area contributed by atoms with Crippen LogP contribution in [0, 0.1) is 0 Å². The van der Waals surface area contributed by atoms with Gasteiger partial charge in [0.05, 0.1) is 9.90 Å². The summed E-state index contributed by atoms with van der Waals surface area (Å²) in [6.07, 6.45) is 5.34. The van der Waals surface area contributed by atoms with Crippen molar-refractivity contribution >= 4 is 56.2 Å². The van der Waals surface area contributed by atoms with Crippen molar-refractivity contribution in [1.82, 2.24) is 20.2 Å². The second kappa shape index (κ2) is 17.3. The van der Waals surface area contributed by atoms with Gasteiger partial charge in [-0.15, -0.1) is 34.4 Å². The Morgan fingerprint density at radius 3 is 2.54 bits per heavy atom. The number of benzene rings is 1. The van der Waals surface area contributed by atoms with Crippen LogP contribution in [0.4, 0.5) is 5.69 Å². The molecule has 1 aromatic carbocycles. The van der Waals surface area contributed by atoms with Crippen LogP contribution in [0.5, 0.6) is 0 Å². The third-order valence-electron chi connectivity index (χ3n) is 5.33. The molecule has 0 radical (unpaired) electrons. The monoisotopic (exact) mass is 585 g/mol. The van der Waals surface area contributed by atoms with Crippen molar-refractivity contribution in [3.63, 3.8) is 0 Å². The molecule has 3 aromatic heterocycles. The van der Waals surface area contributed by atoms with Crippen LogP contribution in [-0.2, 0) is 0 Å². The smallest absolute Gasteiger partial charge is 0.251 e. The predicted octanol–water partition coefficient (Wildman–Crippen LogP) is 8.30. The molecular formula is C30H43N5OS3. The van der Waals surface area contributed by atoms with Crippen LogP contribution in [0.1, 0.15) is 64.2 Å². The number of carbonyl (C=O) groups excluding carboxylic acids is 1. The van der Waals surface area contributed by atoms with Gasteiger partial charge in [-0.3, -0.25) is 4.79 Å². The molecule has 3 heterocycles. The van der Waals surface area contributed by atoms with Crippen LogP contribution in [0.3, 0.4) is 0 Å². The van der Waals surface area contributed by atoms with Gasteiger partial charge < -0.3 is 16.0 Å². The fourth-order valence-electron chi connectivity index (χ4n) is 3.53. The maximum absolute atomic E-state index is 12.8. The van der Waals surface area contributed by atoms with Gasteiger partial charge in [-0.2, -0.15) is 0 Å². The largest absolute Gasteiger partial charge is 0.397 e. The first-order chi connectivity index (χ1) is 18.9. The molecule has 212 valence electrons. The molecule has 0 saturated heterocycles. The number of anilines is 1. The SMILES string of the molecule is CC.CCC.CCCCSc1sc2nc(-c3nccs3)cc(-c3cccc(C(=O)NCCN(C)C)c3)c2c1N. The van der Waals surface area contributed by atoms with Gasteiger partial charge in [-0.05, 0) is 55.6 Å². The summed E-state index contributed by atoms with van der Waals surface area (Å²) < 4.78 is 1.10. The molecule has 0 aliphatic heterocycles. The van der Waals surface area contributed by atoms with E-state index in [0.29, 0.717) is 12.1 Å². The molecule has 6 nitrogen and oxygen atoms in total. The van der Waals surface area contributed by atoms with E-state index in [4.69, 9.17) is 10.7 Å². The Balaban J connectivity index is 0.000000998. The number of carbonyl (C=O) groups is 1. The minimum absolute atomic E-state index is 0.0803. The van der Waals surface area contributed by atoms with Crippen molar-refractivity contribution in [2.24, 2.45) is 0 Å². The summed E-state index contributed by atoms with van der Waals surface area (Å²) in [5, 5.41) is 6.77. The first kappa shape index (κ1) is 32.8. The Labute approximate surface area is 246 Å². The molecule has 4 rings (SSSR count). The number of nitrogen functional groups attached to an aromatic ring is 1. The number of pyridine rings is 1. The normalized spacial score (nSPS) is 10.6. The predicted molar refractivity (Wildman–Crippen MR) is 174 cm³/mol. The highest BCUT2D eigenvalue weighted by molar-refractivity contribution is 8.01. The van der Waals surface area contributed by atoms with Gasteiger partial charge in [0, 0.05) is 35.6 Å². The number of rotatable bonds is 10. The molecule has 39 heavy (non-hydrogen) atoms. The number of likely N-dealkylation sites (N-methyl/N-ethyl adjacent to an activating group) is 1. The summed E-state index contributed by atoms with van der Waals surface area (Å²) in [7, 11) is 3.98. The standard InChI is InChI=1S/C25H29N5OS3.C3H8.C2H6/c1-4-5-12-33-25-21(26)20-18(15-19(29-24(20)34-25)23-28-10-13-32-23)16-7-6-8-17(14-16)22(31)27-9-11-30(2)3;1-3-2;1-2/h6-8,10,13-15H,4-5,9,11-12,26H2,1-3H3,(H,27,31);3H2,1-2H3;1-2H3. The van der Waals surface area contributed by atoms with Gasteiger partial charge in [0.1, 0.15) is 15.5 Å². The quantitative estimate of drug-likeness (QED) is 0.144. The number of nitrogens with two attached hydrogens (primary N) is 1. The lowest BCUT2D eigenvalue weighted by Gasteiger charge is -2.12. The van der Waals surface area contributed by atoms with E-state index >= 15 is 0 Å². The third kappa shape index (κ3) is 9.31. The van der Waals surface area contributed by atoms with Crippen LogP contribution in [-0.4, -0.2) is 53.7 Å². The fraction of sp³-hybridized carbons (Fsp3) is 0.433. The Kier molecular flexibility index (Phi) is 14.5. The number of nitrogens with one attached hydrogen (secondary N) is 1. The van der Waals surface area contributed by atoms with Crippen LogP contribution < -0.4 is 11.1 Å². The Bertz CT molecular complexity index is 1290. The first-order valence-corrected chi connectivity index (χ1v) is 16.4. The molecule has 0 fully saturated rings. The molecule has 3 N–H and O–H groups in total. The molecule has 0 unspecified atom stereocenters. The van der Waals surface area contributed by atoms with Crippen LogP contribution in [0.15, 0.2) is 46.1 Å². The van der Waals surface area contributed by atoms with Gasteiger partial charge in [0.2, 0.25) is 0 Å². The van der Waals surface area contributed by atoms with Crippen molar-refractivity contribution in [1.29, 1.82) is 0 Å². The highest BCUT2D eigenvalue weighted by Crippen LogP contribution is 2.45. The minimum Gasteiger partial charge on any atom is -0.397 e. The van der Waals surface area contributed by atoms with E-state index < -0.39 is 0 Å². The maximum atomic E-state index is 12.8. The number of fused-ring (bicyclic) bond motifs is 1. The zero-order valence-corrected chi connectivity index (χ0v) is 26.8. The topological polar surface area (TPSA) is 84.1 Å². The van der Waals surface area contributed by atoms with Crippen LogP contribution in [0.25, 0.3) is 32.0 Å². The average molecular weight is 586 g/mol. The van der Waals surface area contributed by atoms with Crippen molar-refractivity contribution in [2.45, 2.75) is 58.1 Å². The van der Waals surface area contributed by atoms with E-state index in [2.05, 4.69) is 31.1 Å². The van der Waals surface area contributed by atoms with Crippen molar-refractivity contribution < 1.29 is 4.79 Å². The molecule has 9 heteroatoms. The van der Waals surface area contributed by atoms with Gasteiger partial charge in [-0.25, -0.2) is 9.97 Å². The number of hydrogen-bond acceptors (Lipinski definition) is 8. The summed E-state index contributed by atoms with van der Waals surface area (Å²) in [5.74, 6) is 0.952. The number of thiophene rings is 1. The number of thiazole rings is 1. The molecule has 0 bridgehead atoms. The number of hydrogen-bond donors (Lipinski definition) is 2. The lowest BCUT2D eigenvalue weighted by Crippen LogP contribution is -2.31. The summed E-state index contributed by atoms with van der Waals surface area (Å²) in [6, 6.07) is 9.78. The Morgan fingerprint density at radius 1 is 1.15 bits per heavy atom. The van der Waals surface area contributed by atoms with E-state index in [0.717, 1.165) is 67.1 Å². The Morgan fingerprint density at radius 2 is 1.90 bits per heavy atom. The molecule has 0 spiro atoms. The molecule has 0 atom stereocenters. The number of aromatic nitrogens is 2. The lowest BCUT2D eigenvalue weighted by atomic mass is 9.99. The van der Waals surface area contributed by atoms with Crippen molar-refractivity contribution in [2.75, 3.05) is 38.7 Å². The average Bonchev–Trinajstić information content (AvgIpc) is 3.58. The Hall–Kier alpha value is -2.46. The van der Waals surface area contributed by atoms with E-state index in [9.17, 15) is 4.79 Å². The molecular weight excluding hydrogens is 543 g/mol. The number of amides is 1. The van der Waals surface area contributed by atoms with Gasteiger partial charge in [0.15, 0.2) is 0 Å². The number of unbranched alkanes of at least 4 members (excludes halogenated alkanes) is 1. The van der Waals surface area contributed by atoms with E-state index in [1.807, 2.05) is 68.6 Å². The zero-order valence-electron chi connectivity index (χ0n) is 24.3. The van der Waals surface area contributed by atoms with Gasteiger partial charge in [-0.1, -0.05) is 59.6 Å². The van der Waals surface area contributed by atoms with Crippen molar-refractivity contribution in [3.05, 3.63) is 47.5 Å². The first-order valence-electron chi connectivity index (χ1n) is 13.7. The molecule has 0 aliphatic carbocycles. The minimum atomic E-state index is -0.0803. The second-order valence-corrected chi connectivity index (χ2v) is 12.2. The lowest BCUT2D eigenvalue weighted by molar-refractivity contribution is 0.0951. The molecule has 0 saturated carbocycles. The second-order valence-electron chi connectivity index (χ2n) is 8.92. The summed E-state index contributed by atoms with van der Waals surface area (Å²) >= 11 is 5.00. The summed E-state index contributed by atoms with van der Waals surface area (Å²) in [4.78, 5) is 25.1. The fourth-order valence-corrected chi connectivity index (χ4v) is 6.58. The van der Waals surface area contributed by atoms with Crippen molar-refractivity contribution in [3.8, 4) is 21.8 Å². The highest BCUT2D eigenvalue weighted by atomic mass is 32.2. The molecule has 0 aliphatic rings. The molecule has 1 amide bonds. The van der Waals surface area contributed by atoms with E-state index in [1.54, 1.807) is 40.6 Å². The van der Waals surface area contributed by atoms with Crippen LogP contribution >= 0.6 is 34.4 Å². The highest BCUT2D eigenvalue weighted by Gasteiger charge is 2.19. The van der Waals surface area contributed by atoms with E-state index in [1.165, 1.54) is 6.42 Å². The number of thioether (sulfide) groups is 1. The van der Waals surface area contributed by atoms with Crippen LogP contribution in [0.2, 0.25) is 0 Å². The van der Waals surface area contributed by atoms with Gasteiger partial charge >= 0.3 is 0 Å². The number of nitrogens with zero attached hydrogens (tertiary/aromatic N) is 3. The molecule has 4 aromatic rings. The third-order valence-corrected chi connectivity index (χ3v) is 8.60. The van der Waals surface area contributed by atoms with Gasteiger partial charge in [0.25, 0.3) is 5.91 Å². The van der Waals surface area contributed by atoms with E-state index in [-0.39, 0.29) is 5.91 Å². The summed E-state index contributed by atoms with van der Waals surface area (Å²) in [5.41, 5.74) is 10.8. The zero-order chi connectivity index (χ0) is 28.8. The maximum Gasteiger partial charge on any atom is 0.251 e.